The first-order chi connectivity index (χ1) is 12.7. The standard InChI is InChI=1S/C19H25N7.HI/c1-16-11-22-25(13-16)10-9-21-19(20-2)24(3)14-17-12-23-26(15-17)18-7-5-4-6-8-18;/h4-8,11-13,15H,9-10,14H2,1-3H3,(H,20,21);1H. The molecule has 7 nitrogen and oxygen atoms in total. The third-order valence-electron chi connectivity index (χ3n) is 4.04. The average Bonchev–Trinajstić information content (AvgIpc) is 3.28. The molecule has 0 aliphatic heterocycles. The lowest BCUT2D eigenvalue weighted by molar-refractivity contribution is 0.470. The summed E-state index contributed by atoms with van der Waals surface area (Å²) in [6, 6.07) is 10.1. The van der Waals surface area contributed by atoms with E-state index in [4.69, 9.17) is 0 Å². The number of nitrogens with one attached hydrogen (secondary N) is 1. The zero-order valence-corrected chi connectivity index (χ0v) is 18.2. The van der Waals surface area contributed by atoms with Crippen molar-refractivity contribution in [1.29, 1.82) is 0 Å². The third kappa shape index (κ3) is 5.81. The number of halogens is 1. The number of aryl methyl sites for hydroxylation is 1. The largest absolute Gasteiger partial charge is 0.354 e. The minimum absolute atomic E-state index is 0. The molecule has 3 rings (SSSR count). The van der Waals surface area contributed by atoms with Crippen molar-refractivity contribution in [2.75, 3.05) is 20.6 Å². The van der Waals surface area contributed by atoms with Crippen molar-refractivity contribution in [3.05, 3.63) is 66.2 Å². The van der Waals surface area contributed by atoms with Crippen LogP contribution in [-0.2, 0) is 13.1 Å². The fourth-order valence-corrected chi connectivity index (χ4v) is 2.77. The van der Waals surface area contributed by atoms with Gasteiger partial charge in [-0.1, -0.05) is 18.2 Å². The maximum Gasteiger partial charge on any atom is 0.193 e. The Morgan fingerprint density at radius 2 is 1.93 bits per heavy atom. The minimum Gasteiger partial charge on any atom is -0.354 e. The van der Waals surface area contributed by atoms with Crippen LogP contribution in [0.3, 0.4) is 0 Å². The number of hydrogen-bond acceptors (Lipinski definition) is 3. The molecule has 0 saturated heterocycles. The highest BCUT2D eigenvalue weighted by molar-refractivity contribution is 14.0. The van der Waals surface area contributed by atoms with Crippen LogP contribution in [0, 0.1) is 6.92 Å². The SMILES string of the molecule is CN=C(NCCn1cc(C)cn1)N(C)Cc1cnn(-c2ccccc2)c1.I. The number of aliphatic imine (C=N–C) groups is 1. The second-order valence-corrected chi connectivity index (χ2v) is 6.24. The maximum absolute atomic E-state index is 4.45. The molecule has 2 aromatic heterocycles. The van der Waals surface area contributed by atoms with Crippen molar-refractivity contribution in [3.63, 3.8) is 0 Å². The van der Waals surface area contributed by atoms with Crippen LogP contribution in [0.5, 0.6) is 0 Å². The maximum atomic E-state index is 4.45. The van der Waals surface area contributed by atoms with Gasteiger partial charge in [0.05, 0.1) is 24.6 Å². The number of para-hydroxylation sites is 1. The molecule has 8 heteroatoms. The predicted octanol–water partition coefficient (Wildman–Crippen LogP) is 2.70. The van der Waals surface area contributed by atoms with Gasteiger partial charge in [0.2, 0.25) is 0 Å². The Balaban J connectivity index is 0.00000261. The van der Waals surface area contributed by atoms with Crippen LogP contribution in [0.15, 0.2) is 60.1 Å². The molecule has 0 bridgehead atoms. The lowest BCUT2D eigenvalue weighted by Crippen LogP contribution is -2.39. The van der Waals surface area contributed by atoms with E-state index in [1.54, 1.807) is 7.05 Å². The van der Waals surface area contributed by atoms with Crippen LogP contribution < -0.4 is 5.32 Å². The van der Waals surface area contributed by atoms with Crippen LogP contribution >= 0.6 is 24.0 Å². The highest BCUT2D eigenvalue weighted by Crippen LogP contribution is 2.09. The lowest BCUT2D eigenvalue weighted by Gasteiger charge is -2.21. The molecule has 0 unspecified atom stereocenters. The lowest BCUT2D eigenvalue weighted by atomic mass is 10.3. The van der Waals surface area contributed by atoms with Crippen LogP contribution in [0.4, 0.5) is 0 Å². The summed E-state index contributed by atoms with van der Waals surface area (Å²) in [5.74, 6) is 0.848. The first-order valence-corrected chi connectivity index (χ1v) is 8.65. The van der Waals surface area contributed by atoms with Crippen LogP contribution in [0.25, 0.3) is 5.69 Å². The Hall–Kier alpha value is -2.36. The van der Waals surface area contributed by atoms with E-state index in [0.717, 1.165) is 36.8 Å². The monoisotopic (exact) mass is 479 g/mol. The average molecular weight is 479 g/mol. The zero-order chi connectivity index (χ0) is 18.4. The Kier molecular flexibility index (Phi) is 7.83. The van der Waals surface area contributed by atoms with Gasteiger partial charge < -0.3 is 10.2 Å². The summed E-state index contributed by atoms with van der Waals surface area (Å²) in [5, 5.41) is 12.1. The van der Waals surface area contributed by atoms with Gasteiger partial charge >= 0.3 is 0 Å². The molecule has 0 atom stereocenters. The fourth-order valence-electron chi connectivity index (χ4n) is 2.77. The molecule has 0 fully saturated rings. The van der Waals surface area contributed by atoms with Crippen LogP contribution in [0.1, 0.15) is 11.1 Å². The molecule has 0 radical (unpaired) electrons. The second-order valence-electron chi connectivity index (χ2n) is 6.24. The van der Waals surface area contributed by atoms with E-state index < -0.39 is 0 Å². The Labute approximate surface area is 177 Å². The number of hydrogen-bond donors (Lipinski definition) is 1. The van der Waals surface area contributed by atoms with Crippen molar-refractivity contribution >= 4 is 29.9 Å². The molecular formula is C19H26IN7. The number of nitrogens with zero attached hydrogens (tertiary/aromatic N) is 6. The summed E-state index contributed by atoms with van der Waals surface area (Å²) in [6.45, 7) is 4.33. The van der Waals surface area contributed by atoms with E-state index in [1.807, 2.05) is 78.5 Å². The predicted molar refractivity (Wildman–Crippen MR) is 119 cm³/mol. The van der Waals surface area contributed by atoms with Crippen LogP contribution in [0.2, 0.25) is 0 Å². The van der Waals surface area contributed by atoms with Gasteiger partial charge in [-0.2, -0.15) is 10.2 Å². The number of benzene rings is 1. The number of guanidine groups is 1. The molecule has 1 N–H and O–H groups in total. The van der Waals surface area contributed by atoms with E-state index in [2.05, 4.69) is 25.4 Å². The van der Waals surface area contributed by atoms with Crippen molar-refractivity contribution in [3.8, 4) is 5.69 Å². The molecule has 27 heavy (non-hydrogen) atoms. The van der Waals surface area contributed by atoms with Gasteiger partial charge in [-0.3, -0.25) is 9.67 Å². The summed E-state index contributed by atoms with van der Waals surface area (Å²) < 4.78 is 3.82. The van der Waals surface area contributed by atoms with E-state index in [0.29, 0.717) is 0 Å². The van der Waals surface area contributed by atoms with E-state index in [-0.39, 0.29) is 24.0 Å². The van der Waals surface area contributed by atoms with E-state index >= 15 is 0 Å². The topological polar surface area (TPSA) is 63.3 Å². The third-order valence-corrected chi connectivity index (χ3v) is 4.04. The van der Waals surface area contributed by atoms with Crippen molar-refractivity contribution in [2.24, 2.45) is 4.99 Å². The molecule has 0 aliphatic carbocycles. The molecule has 3 aromatic rings. The van der Waals surface area contributed by atoms with Gasteiger partial charge in [-0.05, 0) is 24.6 Å². The summed E-state index contributed by atoms with van der Waals surface area (Å²) in [6.07, 6.45) is 7.84. The zero-order valence-electron chi connectivity index (χ0n) is 15.9. The van der Waals surface area contributed by atoms with E-state index in [1.165, 1.54) is 5.56 Å². The van der Waals surface area contributed by atoms with Gasteiger partial charge in [-0.25, -0.2) is 4.68 Å². The Morgan fingerprint density at radius 1 is 1.15 bits per heavy atom. The molecule has 2 heterocycles. The molecule has 0 aliphatic rings. The molecule has 1 aromatic carbocycles. The van der Waals surface area contributed by atoms with Crippen molar-refractivity contribution in [2.45, 2.75) is 20.0 Å². The first-order valence-electron chi connectivity index (χ1n) is 8.65. The number of aromatic nitrogens is 4. The van der Waals surface area contributed by atoms with Gasteiger partial charge in [0.1, 0.15) is 0 Å². The molecule has 144 valence electrons. The normalized spacial score (nSPS) is 11.1. The van der Waals surface area contributed by atoms with Gasteiger partial charge in [-0.15, -0.1) is 24.0 Å². The van der Waals surface area contributed by atoms with Crippen molar-refractivity contribution < 1.29 is 0 Å². The molecular weight excluding hydrogens is 453 g/mol. The quantitative estimate of drug-likeness (QED) is 0.336. The Bertz CT molecular complexity index is 854. The van der Waals surface area contributed by atoms with Gasteiger partial charge in [0.25, 0.3) is 0 Å². The van der Waals surface area contributed by atoms with Gasteiger partial charge in [0, 0.05) is 45.1 Å². The Morgan fingerprint density at radius 3 is 2.59 bits per heavy atom. The molecule has 0 spiro atoms. The van der Waals surface area contributed by atoms with E-state index in [9.17, 15) is 0 Å². The smallest absolute Gasteiger partial charge is 0.193 e. The summed E-state index contributed by atoms with van der Waals surface area (Å²) in [7, 11) is 3.82. The number of rotatable bonds is 6. The fraction of sp³-hybridized carbons (Fsp3) is 0.316. The van der Waals surface area contributed by atoms with Gasteiger partial charge in [0.15, 0.2) is 5.96 Å². The minimum atomic E-state index is 0. The summed E-state index contributed by atoms with van der Waals surface area (Å²) >= 11 is 0. The molecule has 0 saturated carbocycles. The second kappa shape index (κ2) is 10.1. The highest BCUT2D eigenvalue weighted by Gasteiger charge is 2.08. The summed E-state index contributed by atoms with van der Waals surface area (Å²) in [4.78, 5) is 6.44. The first kappa shape index (κ1) is 20.9. The van der Waals surface area contributed by atoms with Crippen LogP contribution in [-0.4, -0.2) is 51.1 Å². The van der Waals surface area contributed by atoms with Crippen molar-refractivity contribution in [1.82, 2.24) is 29.8 Å². The summed E-state index contributed by atoms with van der Waals surface area (Å²) in [5.41, 5.74) is 3.35. The molecule has 0 amide bonds. The highest BCUT2D eigenvalue weighted by atomic mass is 127.